The lowest BCUT2D eigenvalue weighted by Gasteiger charge is -2.35. The molecule has 0 spiro atoms. The third kappa shape index (κ3) is 7.21. The van der Waals surface area contributed by atoms with Crippen LogP contribution in [0.3, 0.4) is 0 Å². The van der Waals surface area contributed by atoms with Crippen LogP contribution < -0.4 is 20.1 Å². The first kappa shape index (κ1) is 29.1. The highest BCUT2D eigenvalue weighted by molar-refractivity contribution is 7.99. The van der Waals surface area contributed by atoms with Gasteiger partial charge in [-0.3, -0.25) is 0 Å². The molecule has 0 radical (unpaired) electrons. The highest BCUT2D eigenvalue weighted by Gasteiger charge is 2.33. The number of rotatable bonds is 9. The van der Waals surface area contributed by atoms with Crippen molar-refractivity contribution < 1.29 is 28.9 Å². The second-order valence-corrected chi connectivity index (χ2v) is 11.9. The first-order chi connectivity index (χ1) is 19.1. The van der Waals surface area contributed by atoms with Gasteiger partial charge in [-0.05, 0) is 68.7 Å². The summed E-state index contributed by atoms with van der Waals surface area (Å²) in [6.07, 6.45) is 0.102. The molecule has 40 heavy (non-hydrogen) atoms. The SMILES string of the molecule is COc1cccc(OC)c1C1CC(Sc2ccccc2)c2cc(CC(NC(=O)OC(C)(C)C)C(=O)O)ccc2N1. The first-order valence-corrected chi connectivity index (χ1v) is 14.0. The number of anilines is 1. The Hall–Kier alpha value is -3.85. The Labute approximate surface area is 239 Å². The molecule has 0 aliphatic carbocycles. The number of amides is 1. The van der Waals surface area contributed by atoms with Crippen LogP contribution in [0.5, 0.6) is 11.5 Å². The van der Waals surface area contributed by atoms with E-state index in [4.69, 9.17) is 14.2 Å². The molecule has 212 valence electrons. The Bertz CT molecular complexity index is 1320. The van der Waals surface area contributed by atoms with Crippen LogP contribution in [0.2, 0.25) is 0 Å². The molecule has 1 heterocycles. The van der Waals surface area contributed by atoms with E-state index in [2.05, 4.69) is 22.8 Å². The summed E-state index contributed by atoms with van der Waals surface area (Å²) in [5.41, 5.74) is 3.04. The van der Waals surface area contributed by atoms with Crippen LogP contribution in [-0.2, 0) is 16.0 Å². The molecule has 9 heteroatoms. The number of thioether (sulfide) groups is 1. The summed E-state index contributed by atoms with van der Waals surface area (Å²) < 4.78 is 16.7. The molecule has 0 saturated carbocycles. The second-order valence-electron chi connectivity index (χ2n) is 10.6. The number of hydrogen-bond acceptors (Lipinski definition) is 7. The number of benzene rings is 3. The molecule has 3 unspecified atom stereocenters. The Morgan fingerprint density at radius 3 is 2.30 bits per heavy atom. The molecule has 1 amide bonds. The number of aliphatic carboxylic acids is 1. The smallest absolute Gasteiger partial charge is 0.408 e. The average Bonchev–Trinajstić information content (AvgIpc) is 2.91. The minimum absolute atomic E-state index is 0.0558. The third-order valence-electron chi connectivity index (χ3n) is 6.51. The van der Waals surface area contributed by atoms with Crippen molar-refractivity contribution in [2.75, 3.05) is 19.5 Å². The van der Waals surface area contributed by atoms with E-state index in [1.807, 2.05) is 54.6 Å². The third-order valence-corrected chi connectivity index (χ3v) is 7.78. The lowest BCUT2D eigenvalue weighted by atomic mass is 9.90. The van der Waals surface area contributed by atoms with Crippen LogP contribution in [0.1, 0.15) is 55.2 Å². The molecule has 0 aromatic heterocycles. The number of carboxylic acids is 1. The molecule has 3 N–H and O–H groups in total. The molecule has 3 aromatic rings. The molecule has 0 saturated heterocycles. The quantitative estimate of drug-likeness (QED) is 0.266. The zero-order chi connectivity index (χ0) is 28.9. The molecule has 1 aliphatic heterocycles. The number of carbonyl (C=O) groups excluding carboxylic acids is 1. The van der Waals surface area contributed by atoms with Crippen molar-refractivity contribution in [1.29, 1.82) is 0 Å². The Morgan fingerprint density at radius 2 is 1.70 bits per heavy atom. The van der Waals surface area contributed by atoms with Crippen molar-refractivity contribution in [1.82, 2.24) is 5.32 Å². The number of fused-ring (bicyclic) bond motifs is 1. The van der Waals surface area contributed by atoms with Gasteiger partial charge in [-0.25, -0.2) is 9.59 Å². The van der Waals surface area contributed by atoms with Gasteiger partial charge >= 0.3 is 12.1 Å². The number of ether oxygens (including phenoxy) is 3. The summed E-state index contributed by atoms with van der Waals surface area (Å²) in [7, 11) is 3.31. The normalized spacial score (nSPS) is 17.1. The molecule has 8 nitrogen and oxygen atoms in total. The van der Waals surface area contributed by atoms with E-state index in [1.54, 1.807) is 46.8 Å². The highest BCUT2D eigenvalue weighted by atomic mass is 32.2. The summed E-state index contributed by atoms with van der Waals surface area (Å²) in [6.45, 7) is 5.20. The van der Waals surface area contributed by atoms with E-state index in [1.165, 1.54) is 0 Å². The van der Waals surface area contributed by atoms with E-state index in [0.29, 0.717) is 0 Å². The van der Waals surface area contributed by atoms with Crippen LogP contribution >= 0.6 is 11.8 Å². The van der Waals surface area contributed by atoms with E-state index >= 15 is 0 Å². The average molecular weight is 565 g/mol. The number of carbonyl (C=O) groups is 2. The van der Waals surface area contributed by atoms with Crippen molar-refractivity contribution in [3.05, 3.63) is 83.4 Å². The lowest BCUT2D eigenvalue weighted by Crippen LogP contribution is -2.44. The molecule has 3 aromatic carbocycles. The van der Waals surface area contributed by atoms with Gasteiger partial charge in [0.05, 0.1) is 25.8 Å². The molecular weight excluding hydrogens is 528 g/mol. The van der Waals surface area contributed by atoms with E-state index in [-0.39, 0.29) is 17.7 Å². The number of methoxy groups -OCH3 is 2. The fourth-order valence-electron chi connectivity index (χ4n) is 4.80. The standard InChI is InChI=1S/C31H36N2O6S/c1-31(2,3)39-30(36)33-24(29(34)35)17-19-14-15-22-21(16-19)27(40-20-10-7-6-8-11-20)18-23(32-22)28-25(37-4)12-9-13-26(28)38-5/h6-16,23-24,27,32H,17-18H2,1-5H3,(H,33,36)(H,34,35). The largest absolute Gasteiger partial charge is 0.496 e. The molecule has 1 aliphatic rings. The Balaban J connectivity index is 1.66. The van der Waals surface area contributed by atoms with Gasteiger partial charge in [0.15, 0.2) is 0 Å². The molecule has 3 atom stereocenters. The van der Waals surface area contributed by atoms with Crippen molar-refractivity contribution >= 4 is 29.5 Å². The first-order valence-electron chi connectivity index (χ1n) is 13.1. The number of carboxylic acid groups (broad SMARTS) is 1. The maximum Gasteiger partial charge on any atom is 0.408 e. The summed E-state index contributed by atoms with van der Waals surface area (Å²) in [5, 5.41) is 16.0. The van der Waals surface area contributed by atoms with Gasteiger partial charge in [-0.2, -0.15) is 0 Å². The van der Waals surface area contributed by atoms with E-state index in [0.717, 1.165) is 45.2 Å². The maximum absolute atomic E-state index is 12.3. The lowest BCUT2D eigenvalue weighted by molar-refractivity contribution is -0.139. The predicted octanol–water partition coefficient (Wildman–Crippen LogP) is 6.61. The second kappa shape index (κ2) is 12.6. The Kier molecular flexibility index (Phi) is 9.14. The fraction of sp³-hybridized carbons (Fsp3) is 0.355. The topological polar surface area (TPSA) is 106 Å². The van der Waals surface area contributed by atoms with Gasteiger partial charge in [0.1, 0.15) is 23.1 Å². The van der Waals surface area contributed by atoms with Crippen molar-refractivity contribution in [2.45, 2.75) is 61.4 Å². The van der Waals surface area contributed by atoms with Gasteiger partial charge in [0.2, 0.25) is 0 Å². The van der Waals surface area contributed by atoms with Crippen LogP contribution in [0.15, 0.2) is 71.6 Å². The van der Waals surface area contributed by atoms with Gasteiger partial charge in [0, 0.05) is 22.3 Å². The summed E-state index contributed by atoms with van der Waals surface area (Å²) in [5.74, 6) is 0.371. The van der Waals surface area contributed by atoms with Gasteiger partial charge < -0.3 is 30.0 Å². The highest BCUT2D eigenvalue weighted by Crippen LogP contribution is 2.51. The maximum atomic E-state index is 12.3. The minimum atomic E-state index is -1.13. The number of hydrogen-bond donors (Lipinski definition) is 3. The summed E-state index contributed by atoms with van der Waals surface area (Å²) in [6, 6.07) is 20.7. The van der Waals surface area contributed by atoms with Crippen LogP contribution in [-0.4, -0.2) is 43.0 Å². The van der Waals surface area contributed by atoms with Crippen molar-refractivity contribution in [2.24, 2.45) is 0 Å². The van der Waals surface area contributed by atoms with Crippen molar-refractivity contribution in [3.8, 4) is 11.5 Å². The number of nitrogens with one attached hydrogen (secondary N) is 2. The number of alkyl carbamates (subject to hydrolysis) is 1. The van der Waals surface area contributed by atoms with E-state index in [9.17, 15) is 14.7 Å². The molecular formula is C31H36N2O6S. The molecule has 4 rings (SSSR count). The van der Waals surface area contributed by atoms with Crippen LogP contribution in [0.4, 0.5) is 10.5 Å². The molecule has 0 bridgehead atoms. The summed E-state index contributed by atoms with van der Waals surface area (Å²) in [4.78, 5) is 25.4. The summed E-state index contributed by atoms with van der Waals surface area (Å²) >= 11 is 1.76. The van der Waals surface area contributed by atoms with Gasteiger partial charge in [0.25, 0.3) is 0 Å². The van der Waals surface area contributed by atoms with Gasteiger partial charge in [-0.15, -0.1) is 11.8 Å². The van der Waals surface area contributed by atoms with Crippen molar-refractivity contribution in [3.63, 3.8) is 0 Å². The zero-order valence-electron chi connectivity index (χ0n) is 23.4. The van der Waals surface area contributed by atoms with E-state index < -0.39 is 23.7 Å². The monoisotopic (exact) mass is 564 g/mol. The fourth-order valence-corrected chi connectivity index (χ4v) is 6.05. The predicted molar refractivity (Wildman–Crippen MR) is 157 cm³/mol. The molecule has 0 fully saturated rings. The Morgan fingerprint density at radius 1 is 1.02 bits per heavy atom. The minimum Gasteiger partial charge on any atom is -0.496 e. The zero-order valence-corrected chi connectivity index (χ0v) is 24.2. The van der Waals surface area contributed by atoms with Crippen LogP contribution in [0.25, 0.3) is 0 Å². The van der Waals surface area contributed by atoms with Crippen LogP contribution in [0, 0.1) is 0 Å². The van der Waals surface area contributed by atoms with Gasteiger partial charge in [-0.1, -0.05) is 36.4 Å².